The van der Waals surface area contributed by atoms with Crippen LogP contribution < -0.4 is 5.48 Å². The van der Waals surface area contributed by atoms with E-state index in [9.17, 15) is 14.7 Å². The third-order valence-electron chi connectivity index (χ3n) is 7.22. The number of para-hydroxylation sites is 1. The predicted octanol–water partition coefficient (Wildman–Crippen LogP) is 2.26. The van der Waals surface area contributed by atoms with Gasteiger partial charge < -0.3 is 14.6 Å². The first-order valence-electron chi connectivity index (χ1n) is 11.9. The first-order valence-corrected chi connectivity index (χ1v) is 11.9. The molecule has 3 N–H and O–H groups in total. The van der Waals surface area contributed by atoms with Gasteiger partial charge >= 0.3 is 0 Å². The number of aliphatic hydroxyl groups excluding tert-OH is 1. The van der Waals surface area contributed by atoms with E-state index in [1.807, 2.05) is 35.2 Å². The van der Waals surface area contributed by atoms with Crippen molar-refractivity contribution in [3.05, 3.63) is 70.9 Å². The van der Waals surface area contributed by atoms with Crippen molar-refractivity contribution in [1.29, 1.82) is 0 Å². The van der Waals surface area contributed by atoms with Crippen LogP contribution in [0.2, 0.25) is 0 Å². The van der Waals surface area contributed by atoms with E-state index < -0.39 is 5.91 Å². The highest BCUT2D eigenvalue weighted by Gasteiger charge is 2.32. The van der Waals surface area contributed by atoms with Crippen molar-refractivity contribution in [3.8, 4) is 0 Å². The van der Waals surface area contributed by atoms with Gasteiger partial charge in [0.2, 0.25) is 0 Å². The molecule has 0 bridgehead atoms. The number of amides is 2. The molecule has 2 amide bonds. The van der Waals surface area contributed by atoms with Gasteiger partial charge in [-0.1, -0.05) is 30.3 Å². The van der Waals surface area contributed by atoms with Gasteiger partial charge in [-0.05, 0) is 43.1 Å². The zero-order chi connectivity index (χ0) is 23.7. The number of hydrogen-bond acceptors (Lipinski definition) is 5. The van der Waals surface area contributed by atoms with Gasteiger partial charge in [0.05, 0.1) is 12.2 Å². The number of benzene rings is 2. The Bertz CT molecular complexity index is 1200. The number of likely N-dealkylation sites (tertiary alicyclic amines) is 1. The fraction of sp³-hybridized carbons (Fsp3) is 0.385. The molecule has 1 atom stereocenters. The number of aliphatic hydroxyl groups is 1. The van der Waals surface area contributed by atoms with Crippen LogP contribution in [0.25, 0.3) is 10.9 Å². The number of hydroxylamine groups is 1. The molecule has 1 saturated heterocycles. The summed E-state index contributed by atoms with van der Waals surface area (Å²) in [7, 11) is 0. The number of aromatic nitrogens is 1. The smallest absolute Gasteiger partial charge is 0.274 e. The lowest BCUT2D eigenvalue weighted by Gasteiger charge is -2.31. The van der Waals surface area contributed by atoms with Crippen molar-refractivity contribution in [3.63, 3.8) is 0 Å². The lowest BCUT2D eigenvalue weighted by atomic mass is 10.0. The van der Waals surface area contributed by atoms with Crippen LogP contribution in [-0.2, 0) is 13.0 Å². The fourth-order valence-corrected chi connectivity index (χ4v) is 5.40. The summed E-state index contributed by atoms with van der Waals surface area (Å²) in [6.45, 7) is 3.89. The van der Waals surface area contributed by atoms with Crippen molar-refractivity contribution in [1.82, 2.24) is 19.8 Å². The molecule has 2 aliphatic heterocycles. The summed E-state index contributed by atoms with van der Waals surface area (Å²) in [5.74, 6) is -0.466. The molecule has 2 aliphatic rings. The second kappa shape index (κ2) is 9.58. The monoisotopic (exact) mass is 462 g/mol. The molecule has 3 aromatic rings. The Balaban J connectivity index is 1.40. The molecule has 1 unspecified atom stereocenters. The Morgan fingerprint density at radius 1 is 1.06 bits per heavy atom. The molecule has 8 nitrogen and oxygen atoms in total. The minimum atomic E-state index is -0.541. The molecule has 1 fully saturated rings. The molecule has 0 spiro atoms. The van der Waals surface area contributed by atoms with E-state index in [2.05, 4.69) is 15.5 Å². The quantitative estimate of drug-likeness (QED) is 0.370. The van der Waals surface area contributed by atoms with Gasteiger partial charge in [-0.15, -0.1) is 0 Å². The van der Waals surface area contributed by atoms with Gasteiger partial charge in [-0.25, -0.2) is 5.48 Å². The topological polar surface area (TPSA) is 98.0 Å². The standard InChI is InChI=1S/C26H30N4O4/c31-17-20-4-3-12-28(20)14-15-29-13-11-23-24(26(29)33)21-5-1-2-6-22(21)30(23)16-18-7-9-19(10-8-18)25(32)27-34/h1-2,5-10,20,31,34H,3-4,11-17H2,(H,27,32). The third-order valence-corrected chi connectivity index (χ3v) is 7.22. The number of hydrogen-bond donors (Lipinski definition) is 3. The molecular formula is C26H30N4O4. The lowest BCUT2D eigenvalue weighted by molar-refractivity contribution is 0.0698. The van der Waals surface area contributed by atoms with Crippen molar-refractivity contribution >= 4 is 22.7 Å². The summed E-state index contributed by atoms with van der Waals surface area (Å²) >= 11 is 0. The average Bonchev–Trinajstić information content (AvgIpc) is 3.46. The highest BCUT2D eigenvalue weighted by molar-refractivity contribution is 6.09. The van der Waals surface area contributed by atoms with Crippen molar-refractivity contribution < 1.29 is 19.9 Å². The lowest BCUT2D eigenvalue weighted by Crippen LogP contribution is -2.44. The Labute approximate surface area is 198 Å². The maximum absolute atomic E-state index is 13.6. The van der Waals surface area contributed by atoms with Crippen LogP contribution in [0.4, 0.5) is 0 Å². The molecule has 3 heterocycles. The largest absolute Gasteiger partial charge is 0.395 e. The summed E-state index contributed by atoms with van der Waals surface area (Å²) in [5, 5.41) is 19.4. The van der Waals surface area contributed by atoms with Gasteiger partial charge in [-0.3, -0.25) is 19.7 Å². The zero-order valence-electron chi connectivity index (χ0n) is 19.1. The number of carbonyl (C=O) groups excluding carboxylic acids is 2. The Morgan fingerprint density at radius 3 is 2.62 bits per heavy atom. The summed E-state index contributed by atoms with van der Waals surface area (Å²) < 4.78 is 2.21. The van der Waals surface area contributed by atoms with Crippen LogP contribution in [0.5, 0.6) is 0 Å². The Kier molecular flexibility index (Phi) is 6.36. The minimum Gasteiger partial charge on any atom is -0.395 e. The molecule has 178 valence electrons. The number of fused-ring (bicyclic) bond motifs is 3. The summed E-state index contributed by atoms with van der Waals surface area (Å²) in [6, 6.07) is 15.4. The van der Waals surface area contributed by atoms with Crippen molar-refractivity contribution in [2.24, 2.45) is 0 Å². The molecule has 0 aliphatic carbocycles. The molecule has 2 aromatic carbocycles. The van der Waals surface area contributed by atoms with E-state index in [0.717, 1.165) is 60.1 Å². The van der Waals surface area contributed by atoms with Crippen LogP contribution in [-0.4, -0.2) is 75.3 Å². The van der Waals surface area contributed by atoms with E-state index in [4.69, 9.17) is 5.21 Å². The Hall–Kier alpha value is -3.20. The highest BCUT2D eigenvalue weighted by Crippen LogP contribution is 2.32. The molecule has 1 aromatic heterocycles. The SMILES string of the molecule is O=C(NO)c1ccc(Cn2c3c(c4ccccc42)C(=O)N(CCN2CCCC2CO)CC3)cc1. The zero-order valence-corrected chi connectivity index (χ0v) is 19.1. The van der Waals surface area contributed by atoms with Gasteiger partial charge in [-0.2, -0.15) is 0 Å². The molecule has 0 saturated carbocycles. The van der Waals surface area contributed by atoms with Crippen LogP contribution in [0.1, 0.15) is 44.8 Å². The highest BCUT2D eigenvalue weighted by atomic mass is 16.5. The van der Waals surface area contributed by atoms with E-state index in [0.29, 0.717) is 25.2 Å². The summed E-state index contributed by atoms with van der Waals surface area (Å²) in [5.41, 5.74) is 5.92. The van der Waals surface area contributed by atoms with Crippen LogP contribution in [0.15, 0.2) is 48.5 Å². The second-order valence-corrected chi connectivity index (χ2v) is 9.12. The Morgan fingerprint density at radius 2 is 1.85 bits per heavy atom. The maximum Gasteiger partial charge on any atom is 0.274 e. The number of nitrogens with zero attached hydrogens (tertiary/aromatic N) is 3. The number of rotatable bonds is 7. The summed E-state index contributed by atoms with van der Waals surface area (Å²) in [4.78, 5) is 29.5. The first kappa shape index (κ1) is 22.6. The fourth-order valence-electron chi connectivity index (χ4n) is 5.40. The van der Waals surface area contributed by atoms with Crippen molar-refractivity contribution in [2.75, 3.05) is 32.8 Å². The molecule has 5 rings (SSSR count). The molecule has 34 heavy (non-hydrogen) atoms. The van der Waals surface area contributed by atoms with Crippen molar-refractivity contribution in [2.45, 2.75) is 31.8 Å². The maximum atomic E-state index is 13.6. The summed E-state index contributed by atoms with van der Waals surface area (Å²) in [6.07, 6.45) is 2.90. The molecular weight excluding hydrogens is 432 g/mol. The van der Waals surface area contributed by atoms with Gasteiger partial charge in [0.25, 0.3) is 11.8 Å². The molecule has 0 radical (unpaired) electrons. The number of nitrogens with one attached hydrogen (secondary N) is 1. The first-order chi connectivity index (χ1) is 16.6. The van der Waals surface area contributed by atoms with E-state index >= 15 is 0 Å². The van der Waals surface area contributed by atoms with Gasteiger partial charge in [0.15, 0.2) is 0 Å². The van der Waals surface area contributed by atoms with E-state index in [1.165, 1.54) is 0 Å². The van der Waals surface area contributed by atoms with Crippen LogP contribution in [0, 0.1) is 0 Å². The average molecular weight is 463 g/mol. The minimum absolute atomic E-state index is 0.0749. The normalized spacial score (nSPS) is 18.5. The predicted molar refractivity (Wildman–Crippen MR) is 128 cm³/mol. The second-order valence-electron chi connectivity index (χ2n) is 9.12. The van der Waals surface area contributed by atoms with Crippen LogP contribution in [0.3, 0.4) is 0 Å². The van der Waals surface area contributed by atoms with E-state index in [1.54, 1.807) is 17.6 Å². The molecule has 8 heteroatoms. The number of carbonyl (C=O) groups is 2. The van der Waals surface area contributed by atoms with Gasteiger partial charge in [0.1, 0.15) is 0 Å². The van der Waals surface area contributed by atoms with E-state index in [-0.39, 0.29) is 18.6 Å². The van der Waals surface area contributed by atoms with Gasteiger partial charge in [0, 0.05) is 60.8 Å². The van der Waals surface area contributed by atoms with Crippen LogP contribution >= 0.6 is 0 Å². The third kappa shape index (κ3) is 4.09.